The molecule has 0 fully saturated rings. The van der Waals surface area contributed by atoms with Gasteiger partial charge in [0.1, 0.15) is 18.2 Å². The molecule has 0 bridgehead atoms. The lowest BCUT2D eigenvalue weighted by molar-refractivity contribution is 0.0479. The zero-order chi connectivity index (χ0) is 20.6. The van der Waals surface area contributed by atoms with E-state index in [1.165, 1.54) is 48.5 Å². The van der Waals surface area contributed by atoms with E-state index in [1.54, 1.807) is 0 Å². The number of hydrogen-bond donors (Lipinski definition) is 1. The highest BCUT2D eigenvalue weighted by Gasteiger charge is 2.17. The minimum Gasteiger partial charge on any atom is -0.461 e. The van der Waals surface area contributed by atoms with Crippen molar-refractivity contribution in [1.82, 2.24) is 5.32 Å². The number of benzene rings is 3. The van der Waals surface area contributed by atoms with E-state index in [-0.39, 0.29) is 30.5 Å². The van der Waals surface area contributed by atoms with Crippen LogP contribution in [0.5, 0.6) is 0 Å². The Labute approximate surface area is 167 Å². The number of carbonyl (C=O) groups excluding carboxylic acids is 2. The van der Waals surface area contributed by atoms with Crippen molar-refractivity contribution in [3.8, 4) is 0 Å². The standard InChI is InChI=1S/C23H19F2NO3/c24-20-10-6-17(7-11-20)22(27)26-14-19(16-4-2-1-3-5-16)15-29-23(28)18-8-12-21(25)13-9-18/h1-13,19H,14-15H2,(H,26,27). The minimum absolute atomic E-state index is 0.0317. The third-order valence-corrected chi connectivity index (χ3v) is 4.38. The second-order valence-electron chi connectivity index (χ2n) is 6.43. The lowest BCUT2D eigenvalue weighted by Crippen LogP contribution is -2.30. The summed E-state index contributed by atoms with van der Waals surface area (Å²) in [6.07, 6.45) is 0. The van der Waals surface area contributed by atoms with E-state index >= 15 is 0 Å². The van der Waals surface area contributed by atoms with Crippen LogP contribution in [0.25, 0.3) is 0 Å². The highest BCUT2D eigenvalue weighted by Crippen LogP contribution is 2.17. The summed E-state index contributed by atoms with van der Waals surface area (Å²) in [5, 5.41) is 2.79. The van der Waals surface area contributed by atoms with Crippen molar-refractivity contribution in [2.45, 2.75) is 5.92 Å². The van der Waals surface area contributed by atoms with Crippen LogP contribution in [0.15, 0.2) is 78.9 Å². The molecule has 148 valence electrons. The van der Waals surface area contributed by atoms with Crippen LogP contribution in [0.1, 0.15) is 32.2 Å². The van der Waals surface area contributed by atoms with Gasteiger partial charge in [0.15, 0.2) is 0 Å². The average Bonchev–Trinajstić information content (AvgIpc) is 2.75. The van der Waals surface area contributed by atoms with Crippen LogP contribution in [-0.2, 0) is 4.74 Å². The van der Waals surface area contributed by atoms with Gasteiger partial charge in [-0.3, -0.25) is 4.79 Å². The molecular formula is C23H19F2NO3. The van der Waals surface area contributed by atoms with E-state index in [9.17, 15) is 18.4 Å². The molecule has 3 rings (SSSR count). The Morgan fingerprint density at radius 1 is 0.793 bits per heavy atom. The Hall–Kier alpha value is -3.54. The van der Waals surface area contributed by atoms with Crippen molar-refractivity contribution in [2.24, 2.45) is 0 Å². The van der Waals surface area contributed by atoms with Gasteiger partial charge < -0.3 is 10.1 Å². The fraction of sp³-hybridized carbons (Fsp3) is 0.130. The van der Waals surface area contributed by atoms with Crippen LogP contribution in [0.4, 0.5) is 8.78 Å². The second kappa shape index (κ2) is 9.59. The maximum Gasteiger partial charge on any atom is 0.338 e. The molecule has 0 heterocycles. The first-order valence-electron chi connectivity index (χ1n) is 9.04. The number of halogens is 2. The predicted octanol–water partition coefficient (Wildman–Crippen LogP) is 4.34. The van der Waals surface area contributed by atoms with Crippen molar-refractivity contribution >= 4 is 11.9 Å². The molecule has 3 aromatic carbocycles. The first kappa shape index (κ1) is 20.2. The number of ether oxygens (including phenoxy) is 1. The van der Waals surface area contributed by atoms with Gasteiger partial charge in [0.05, 0.1) is 5.56 Å². The molecular weight excluding hydrogens is 376 g/mol. The summed E-state index contributed by atoms with van der Waals surface area (Å²) >= 11 is 0. The molecule has 0 spiro atoms. The monoisotopic (exact) mass is 395 g/mol. The molecule has 0 saturated carbocycles. The van der Waals surface area contributed by atoms with Crippen molar-refractivity contribution in [3.05, 3.63) is 107 Å². The molecule has 0 aliphatic rings. The van der Waals surface area contributed by atoms with Gasteiger partial charge in [-0.1, -0.05) is 30.3 Å². The molecule has 29 heavy (non-hydrogen) atoms. The van der Waals surface area contributed by atoms with E-state index in [2.05, 4.69) is 5.32 Å². The largest absolute Gasteiger partial charge is 0.461 e. The highest BCUT2D eigenvalue weighted by atomic mass is 19.1. The maximum atomic E-state index is 13.0. The Morgan fingerprint density at radius 3 is 1.93 bits per heavy atom. The summed E-state index contributed by atoms with van der Waals surface area (Å²) in [6.45, 7) is 0.251. The molecule has 0 aromatic heterocycles. The molecule has 0 saturated heterocycles. The summed E-state index contributed by atoms with van der Waals surface area (Å²) in [7, 11) is 0. The quantitative estimate of drug-likeness (QED) is 0.606. The van der Waals surface area contributed by atoms with E-state index in [4.69, 9.17) is 4.74 Å². The Morgan fingerprint density at radius 2 is 1.34 bits per heavy atom. The lowest BCUT2D eigenvalue weighted by Gasteiger charge is -2.18. The zero-order valence-corrected chi connectivity index (χ0v) is 15.5. The third kappa shape index (κ3) is 5.72. The Bertz CT molecular complexity index is 896. The summed E-state index contributed by atoms with van der Waals surface area (Å²) in [4.78, 5) is 24.5. The summed E-state index contributed by atoms with van der Waals surface area (Å²) in [5.74, 6) is -2.07. The maximum absolute atomic E-state index is 13.0. The lowest BCUT2D eigenvalue weighted by atomic mass is 10.00. The molecule has 1 unspecified atom stereocenters. The fourth-order valence-electron chi connectivity index (χ4n) is 2.76. The van der Waals surface area contributed by atoms with Crippen molar-refractivity contribution < 1.29 is 23.1 Å². The molecule has 4 nitrogen and oxygen atoms in total. The SMILES string of the molecule is O=C(NCC(COC(=O)c1ccc(F)cc1)c1ccccc1)c1ccc(F)cc1. The Kier molecular flexibility index (Phi) is 6.68. The van der Waals surface area contributed by atoms with Crippen LogP contribution in [0.2, 0.25) is 0 Å². The van der Waals surface area contributed by atoms with Gasteiger partial charge in [-0.05, 0) is 54.1 Å². The number of hydrogen-bond acceptors (Lipinski definition) is 3. The third-order valence-electron chi connectivity index (χ3n) is 4.38. The predicted molar refractivity (Wildman–Crippen MR) is 105 cm³/mol. The zero-order valence-electron chi connectivity index (χ0n) is 15.5. The number of carbonyl (C=O) groups is 2. The van der Waals surface area contributed by atoms with Crippen LogP contribution in [0.3, 0.4) is 0 Å². The Balaban J connectivity index is 1.65. The van der Waals surface area contributed by atoms with Gasteiger partial charge in [-0.25, -0.2) is 13.6 Å². The topological polar surface area (TPSA) is 55.4 Å². The van der Waals surface area contributed by atoms with Gasteiger partial charge in [-0.2, -0.15) is 0 Å². The smallest absolute Gasteiger partial charge is 0.338 e. The van der Waals surface area contributed by atoms with Crippen LogP contribution in [-0.4, -0.2) is 25.0 Å². The van der Waals surface area contributed by atoms with E-state index in [1.807, 2.05) is 30.3 Å². The molecule has 6 heteroatoms. The molecule has 0 aliphatic heterocycles. The summed E-state index contributed by atoms with van der Waals surface area (Å²) < 4.78 is 31.4. The highest BCUT2D eigenvalue weighted by molar-refractivity contribution is 5.94. The van der Waals surface area contributed by atoms with E-state index in [0.29, 0.717) is 5.56 Å². The van der Waals surface area contributed by atoms with Gasteiger partial charge in [0.25, 0.3) is 5.91 Å². The fourth-order valence-corrected chi connectivity index (χ4v) is 2.76. The number of amides is 1. The second-order valence-corrected chi connectivity index (χ2v) is 6.43. The molecule has 1 amide bonds. The molecule has 1 atom stereocenters. The van der Waals surface area contributed by atoms with E-state index in [0.717, 1.165) is 5.56 Å². The van der Waals surface area contributed by atoms with Crippen LogP contribution >= 0.6 is 0 Å². The molecule has 1 N–H and O–H groups in total. The van der Waals surface area contributed by atoms with Crippen molar-refractivity contribution in [1.29, 1.82) is 0 Å². The molecule has 0 aliphatic carbocycles. The van der Waals surface area contributed by atoms with Crippen molar-refractivity contribution in [3.63, 3.8) is 0 Å². The first-order chi connectivity index (χ1) is 14.0. The number of nitrogens with one attached hydrogen (secondary N) is 1. The number of esters is 1. The summed E-state index contributed by atoms with van der Waals surface area (Å²) in [5.41, 5.74) is 1.47. The van der Waals surface area contributed by atoms with Gasteiger partial charge >= 0.3 is 5.97 Å². The first-order valence-corrected chi connectivity index (χ1v) is 9.04. The number of rotatable bonds is 7. The molecule has 3 aromatic rings. The van der Waals surface area contributed by atoms with Crippen LogP contribution in [0, 0.1) is 11.6 Å². The molecule has 0 radical (unpaired) electrons. The van der Waals surface area contributed by atoms with Crippen LogP contribution < -0.4 is 5.32 Å². The van der Waals surface area contributed by atoms with E-state index < -0.39 is 17.6 Å². The van der Waals surface area contributed by atoms with Crippen molar-refractivity contribution in [2.75, 3.05) is 13.2 Å². The van der Waals surface area contributed by atoms with Gasteiger partial charge in [0.2, 0.25) is 0 Å². The van der Waals surface area contributed by atoms with Gasteiger partial charge in [0, 0.05) is 18.0 Å². The average molecular weight is 395 g/mol. The van der Waals surface area contributed by atoms with Gasteiger partial charge in [-0.15, -0.1) is 0 Å². The summed E-state index contributed by atoms with van der Waals surface area (Å²) in [6, 6.07) is 19.6. The minimum atomic E-state index is -0.573. The normalized spacial score (nSPS) is 11.5.